The number of rotatable bonds is 6. The average molecular weight is 454 g/mol. The highest BCUT2D eigenvalue weighted by Gasteiger charge is 2.57. The molecule has 1 aliphatic rings. The maximum absolute atomic E-state index is 10.6. The second-order valence-electron chi connectivity index (χ2n) is 6.93. The highest BCUT2D eigenvalue weighted by Crippen LogP contribution is 2.37. The highest BCUT2D eigenvalue weighted by molar-refractivity contribution is 6.30. The number of nitrogens with zero attached hydrogens (tertiary/aromatic N) is 1. The van der Waals surface area contributed by atoms with Crippen LogP contribution in [0.15, 0.2) is 54.6 Å². The summed E-state index contributed by atoms with van der Waals surface area (Å²) >= 11 is 5.95. The van der Waals surface area contributed by atoms with Crippen molar-refractivity contribution in [2.45, 2.75) is 64.4 Å². The van der Waals surface area contributed by atoms with Crippen molar-refractivity contribution in [2.75, 3.05) is 13.6 Å². The third-order valence-electron chi connectivity index (χ3n) is 5.02. The van der Waals surface area contributed by atoms with Crippen molar-refractivity contribution in [3.8, 4) is 0 Å². The molecule has 1 aliphatic heterocycles. The number of halogens is 1. The van der Waals surface area contributed by atoms with Gasteiger partial charge in [-0.3, -0.25) is 4.90 Å². The fourth-order valence-corrected chi connectivity index (χ4v) is 3.61. The van der Waals surface area contributed by atoms with Crippen LogP contribution in [0.5, 0.6) is 0 Å². The number of aliphatic hydroxyl groups is 4. The Labute approximate surface area is 190 Å². The molecule has 2 unspecified atom stereocenters. The Morgan fingerprint density at radius 3 is 1.90 bits per heavy atom. The lowest BCUT2D eigenvalue weighted by Crippen LogP contribution is -2.65. The molecule has 174 valence electrons. The van der Waals surface area contributed by atoms with E-state index in [9.17, 15) is 20.4 Å². The van der Waals surface area contributed by atoms with E-state index in [1.54, 1.807) is 60.5 Å². The molecule has 0 aliphatic carbocycles. The summed E-state index contributed by atoms with van der Waals surface area (Å²) in [4.78, 5) is 1.67. The van der Waals surface area contributed by atoms with E-state index in [1.165, 1.54) is 0 Å². The van der Waals surface area contributed by atoms with Crippen molar-refractivity contribution in [1.82, 2.24) is 4.90 Å². The Morgan fingerprint density at radius 2 is 1.42 bits per heavy atom. The Balaban J connectivity index is 0.00000113. The summed E-state index contributed by atoms with van der Waals surface area (Å²) < 4.78 is 5.52. The standard InChI is InChI=1S/C20H24ClNO5.2C2H6/c1-22-13-5-8-17(22)19(23,24)20(25,26)27-18(14-6-3-2-4-7-14)15-9-11-16(21)12-10-15;2*1-2/h2-4,6-7,9-12,17-18,23-26H,5,8,13H2,1H3;2*1-2H3. The third-order valence-corrected chi connectivity index (χ3v) is 5.27. The van der Waals surface area contributed by atoms with Gasteiger partial charge in [-0.1, -0.05) is 81.8 Å². The van der Waals surface area contributed by atoms with E-state index in [0.29, 0.717) is 29.1 Å². The van der Waals surface area contributed by atoms with Crippen LogP contribution in [0.4, 0.5) is 0 Å². The third kappa shape index (κ3) is 6.73. The summed E-state index contributed by atoms with van der Waals surface area (Å²) in [5, 5.41) is 42.8. The lowest BCUT2D eigenvalue weighted by molar-refractivity contribution is -0.476. The van der Waals surface area contributed by atoms with Crippen LogP contribution in [0.2, 0.25) is 5.02 Å². The van der Waals surface area contributed by atoms with Crippen LogP contribution < -0.4 is 0 Å². The summed E-state index contributed by atoms with van der Waals surface area (Å²) in [6, 6.07) is 14.7. The molecule has 4 N–H and O–H groups in total. The van der Waals surface area contributed by atoms with Gasteiger partial charge in [0.2, 0.25) is 0 Å². The van der Waals surface area contributed by atoms with Gasteiger partial charge < -0.3 is 25.2 Å². The SMILES string of the molecule is CC.CC.CN1CCCC1C(O)(O)C(O)(O)OC(c1ccccc1)c1ccc(Cl)cc1. The van der Waals surface area contributed by atoms with E-state index < -0.39 is 23.9 Å². The predicted octanol–water partition coefficient (Wildman–Crippen LogP) is 3.91. The topological polar surface area (TPSA) is 93.4 Å². The molecule has 3 rings (SSSR count). The van der Waals surface area contributed by atoms with E-state index in [0.717, 1.165) is 6.42 Å². The smallest absolute Gasteiger partial charge is 0.337 e. The molecule has 0 aromatic heterocycles. The fourth-order valence-electron chi connectivity index (χ4n) is 3.48. The highest BCUT2D eigenvalue weighted by atomic mass is 35.5. The number of ether oxygens (including phenoxy) is 1. The first-order valence-electron chi connectivity index (χ1n) is 10.8. The summed E-state index contributed by atoms with van der Waals surface area (Å²) in [6.45, 7) is 8.63. The molecule has 1 fully saturated rings. The number of likely N-dealkylation sites (tertiary alicyclic amines) is 1. The van der Waals surface area contributed by atoms with Gasteiger partial charge in [0, 0.05) is 5.02 Å². The van der Waals surface area contributed by atoms with E-state index in [4.69, 9.17) is 16.3 Å². The second-order valence-corrected chi connectivity index (χ2v) is 7.37. The zero-order chi connectivity index (χ0) is 23.7. The first-order valence-corrected chi connectivity index (χ1v) is 11.2. The van der Waals surface area contributed by atoms with Gasteiger partial charge in [0.25, 0.3) is 5.79 Å². The van der Waals surface area contributed by atoms with Crippen LogP contribution in [-0.2, 0) is 4.74 Å². The maximum Gasteiger partial charge on any atom is 0.337 e. The molecule has 2 aromatic carbocycles. The fraction of sp³-hybridized carbons (Fsp3) is 0.500. The van der Waals surface area contributed by atoms with Gasteiger partial charge in [0.05, 0.1) is 6.04 Å². The first kappa shape index (κ1) is 27.5. The van der Waals surface area contributed by atoms with Crippen molar-refractivity contribution in [1.29, 1.82) is 0 Å². The monoisotopic (exact) mass is 453 g/mol. The van der Waals surface area contributed by atoms with Crippen molar-refractivity contribution in [3.05, 3.63) is 70.7 Å². The molecule has 0 amide bonds. The van der Waals surface area contributed by atoms with Gasteiger partial charge in [0.15, 0.2) is 0 Å². The van der Waals surface area contributed by atoms with Crippen molar-refractivity contribution >= 4 is 11.6 Å². The normalized spacial score (nSPS) is 17.8. The molecule has 0 bridgehead atoms. The molecule has 1 saturated heterocycles. The number of likely N-dealkylation sites (N-methyl/N-ethyl adjacent to an activating group) is 1. The zero-order valence-corrected chi connectivity index (χ0v) is 19.8. The molecule has 1 heterocycles. The summed E-state index contributed by atoms with van der Waals surface area (Å²) in [6.07, 6.45) is 0.190. The Hall–Kier alpha value is -1.51. The molecular weight excluding hydrogens is 418 g/mol. The quantitative estimate of drug-likeness (QED) is 0.495. The van der Waals surface area contributed by atoms with E-state index in [-0.39, 0.29) is 0 Å². The lowest BCUT2D eigenvalue weighted by Gasteiger charge is -2.42. The average Bonchev–Trinajstić information content (AvgIpc) is 3.23. The minimum atomic E-state index is -3.20. The number of hydrogen-bond acceptors (Lipinski definition) is 6. The summed E-state index contributed by atoms with van der Waals surface area (Å²) in [5.41, 5.74) is 1.22. The lowest BCUT2D eigenvalue weighted by atomic mass is 9.99. The maximum atomic E-state index is 10.6. The molecule has 7 heteroatoms. The van der Waals surface area contributed by atoms with Gasteiger partial charge in [-0.25, -0.2) is 0 Å². The van der Waals surface area contributed by atoms with Crippen molar-refractivity contribution in [2.24, 2.45) is 0 Å². The number of hydrogen-bond donors (Lipinski definition) is 4. The molecule has 2 aromatic rings. The Morgan fingerprint density at radius 1 is 0.903 bits per heavy atom. The van der Waals surface area contributed by atoms with Gasteiger partial charge in [-0.05, 0) is 49.7 Å². The van der Waals surface area contributed by atoms with E-state index in [1.807, 2.05) is 33.8 Å². The van der Waals surface area contributed by atoms with Crippen LogP contribution in [0.3, 0.4) is 0 Å². The molecule has 0 radical (unpaired) electrons. The predicted molar refractivity (Wildman–Crippen MR) is 124 cm³/mol. The van der Waals surface area contributed by atoms with Crippen LogP contribution >= 0.6 is 11.6 Å². The van der Waals surface area contributed by atoms with Crippen LogP contribution in [0, 0.1) is 0 Å². The van der Waals surface area contributed by atoms with Crippen LogP contribution in [-0.4, -0.2) is 56.7 Å². The van der Waals surface area contributed by atoms with Crippen molar-refractivity contribution < 1.29 is 25.2 Å². The largest absolute Gasteiger partial charge is 0.358 e. The molecular formula is C24H36ClNO5. The Kier molecular flexibility index (Phi) is 11.1. The summed E-state index contributed by atoms with van der Waals surface area (Å²) in [5.74, 6) is -6.08. The van der Waals surface area contributed by atoms with Crippen molar-refractivity contribution in [3.63, 3.8) is 0 Å². The minimum absolute atomic E-state index is 0.409. The molecule has 2 atom stereocenters. The van der Waals surface area contributed by atoms with Gasteiger partial charge >= 0.3 is 5.97 Å². The Bertz CT molecular complexity index is 752. The van der Waals surface area contributed by atoms with Crippen LogP contribution in [0.25, 0.3) is 0 Å². The molecule has 0 spiro atoms. The molecule has 0 saturated carbocycles. The zero-order valence-electron chi connectivity index (χ0n) is 19.0. The number of benzene rings is 2. The summed E-state index contributed by atoms with van der Waals surface area (Å²) in [7, 11) is 1.70. The second kappa shape index (κ2) is 12.5. The first-order chi connectivity index (χ1) is 14.7. The van der Waals surface area contributed by atoms with Gasteiger partial charge in [-0.15, -0.1) is 0 Å². The molecule has 6 nitrogen and oxygen atoms in total. The minimum Gasteiger partial charge on any atom is -0.358 e. The van der Waals surface area contributed by atoms with Crippen LogP contribution in [0.1, 0.15) is 57.8 Å². The van der Waals surface area contributed by atoms with Gasteiger partial charge in [-0.2, -0.15) is 0 Å². The van der Waals surface area contributed by atoms with Gasteiger partial charge in [0.1, 0.15) is 6.10 Å². The molecule has 31 heavy (non-hydrogen) atoms. The van der Waals surface area contributed by atoms with E-state index >= 15 is 0 Å². The van der Waals surface area contributed by atoms with E-state index in [2.05, 4.69) is 0 Å².